The fourth-order valence-corrected chi connectivity index (χ4v) is 4.39. The third-order valence-corrected chi connectivity index (χ3v) is 6.36. The van der Waals surface area contributed by atoms with E-state index in [2.05, 4.69) is 16.0 Å². The summed E-state index contributed by atoms with van der Waals surface area (Å²) < 4.78 is 73.3. The zero-order valence-corrected chi connectivity index (χ0v) is 19.4. The Morgan fingerprint density at radius 1 is 1.03 bits per heavy atom. The average Bonchev–Trinajstić information content (AvgIpc) is 3.13. The first kappa shape index (κ1) is 25.0. The molecule has 0 aliphatic carbocycles. The average molecular weight is 538 g/mol. The number of hydrogen-bond donors (Lipinski definition) is 3. The van der Waals surface area contributed by atoms with Gasteiger partial charge in [-0.2, -0.15) is 13.2 Å². The minimum absolute atomic E-state index is 0.00582. The molecule has 3 aromatic carbocycles. The second kappa shape index (κ2) is 9.31. The van der Waals surface area contributed by atoms with Crippen LogP contribution in [0.5, 0.6) is 5.75 Å². The van der Waals surface area contributed by atoms with Gasteiger partial charge in [-0.25, -0.2) is 8.78 Å². The van der Waals surface area contributed by atoms with Gasteiger partial charge in [-0.1, -0.05) is 11.6 Å². The summed E-state index contributed by atoms with van der Waals surface area (Å²) in [6.45, 7) is 1.10. The van der Waals surface area contributed by atoms with Crippen LogP contribution in [-0.2, 0) is 6.18 Å². The highest BCUT2D eigenvalue weighted by atomic mass is 35.5. The Bertz CT molecular complexity index is 1430. The van der Waals surface area contributed by atoms with E-state index in [0.717, 1.165) is 12.1 Å². The Labute approximate surface area is 211 Å². The zero-order chi connectivity index (χ0) is 26.5. The molecule has 1 atom stereocenters. The maximum atomic E-state index is 14.0. The molecule has 3 N–H and O–H groups in total. The molecule has 2 heterocycles. The fourth-order valence-electron chi connectivity index (χ4n) is 4.16. The maximum Gasteiger partial charge on any atom is 0.416 e. The number of fused-ring (bicyclic) bond motifs is 1. The first-order valence-electron chi connectivity index (χ1n) is 11.0. The molecule has 3 aromatic rings. The van der Waals surface area contributed by atoms with Crippen molar-refractivity contribution in [3.8, 4) is 5.75 Å². The van der Waals surface area contributed by atoms with E-state index >= 15 is 0 Å². The number of anilines is 1. The highest BCUT2D eigenvalue weighted by Crippen LogP contribution is 2.42. The molecule has 1 unspecified atom stereocenters. The van der Waals surface area contributed by atoms with Gasteiger partial charge < -0.3 is 20.7 Å². The van der Waals surface area contributed by atoms with E-state index < -0.39 is 46.8 Å². The smallest absolute Gasteiger partial charge is 0.416 e. The van der Waals surface area contributed by atoms with Gasteiger partial charge in [0.2, 0.25) is 0 Å². The number of rotatable bonds is 5. The standard InChI is InChI=1S/C25H17ClF5N3O3/c26-19-2-1-13(27)6-17(19)22-21-18(24(36)34-22)7-15(37-16-9-32-10-16)8-20(21)33-23(35)11-3-12(25(29,30)31)5-14(28)4-11/h1-8,16,22,32H,9-10H2,(H,33,35)(H,34,36). The van der Waals surface area contributed by atoms with Gasteiger partial charge in [0, 0.05) is 40.9 Å². The van der Waals surface area contributed by atoms with Crippen LogP contribution in [0.25, 0.3) is 0 Å². The van der Waals surface area contributed by atoms with Gasteiger partial charge in [0.25, 0.3) is 11.8 Å². The van der Waals surface area contributed by atoms with E-state index in [4.69, 9.17) is 16.3 Å². The van der Waals surface area contributed by atoms with Gasteiger partial charge >= 0.3 is 6.18 Å². The van der Waals surface area contributed by atoms with E-state index in [0.29, 0.717) is 25.2 Å². The molecule has 1 fully saturated rings. The molecule has 2 amide bonds. The largest absolute Gasteiger partial charge is 0.488 e. The number of hydrogen-bond acceptors (Lipinski definition) is 4. The normalized spacial score (nSPS) is 17.1. The zero-order valence-electron chi connectivity index (χ0n) is 18.7. The predicted molar refractivity (Wildman–Crippen MR) is 124 cm³/mol. The lowest BCUT2D eigenvalue weighted by Gasteiger charge is -2.28. The van der Waals surface area contributed by atoms with Gasteiger partial charge in [0.1, 0.15) is 23.5 Å². The summed E-state index contributed by atoms with van der Waals surface area (Å²) in [5.74, 6) is -3.27. The number of alkyl halides is 3. The first-order chi connectivity index (χ1) is 17.5. The Kier molecular flexibility index (Phi) is 6.28. The van der Waals surface area contributed by atoms with Crippen molar-refractivity contribution in [2.45, 2.75) is 18.3 Å². The van der Waals surface area contributed by atoms with Gasteiger partial charge in [-0.3, -0.25) is 9.59 Å². The molecule has 1 saturated heterocycles. The summed E-state index contributed by atoms with van der Waals surface area (Å²) in [4.78, 5) is 25.9. The van der Waals surface area contributed by atoms with Crippen LogP contribution in [0.3, 0.4) is 0 Å². The Morgan fingerprint density at radius 2 is 1.78 bits per heavy atom. The monoisotopic (exact) mass is 537 g/mol. The topological polar surface area (TPSA) is 79.5 Å². The highest BCUT2D eigenvalue weighted by Gasteiger charge is 2.36. The number of halogens is 6. The molecule has 37 heavy (non-hydrogen) atoms. The lowest BCUT2D eigenvalue weighted by atomic mass is 9.95. The van der Waals surface area contributed by atoms with Crippen molar-refractivity contribution in [1.29, 1.82) is 0 Å². The van der Waals surface area contributed by atoms with Gasteiger partial charge in [0.05, 0.1) is 22.9 Å². The molecule has 0 bridgehead atoms. The van der Waals surface area contributed by atoms with E-state index in [1.807, 2.05) is 0 Å². The van der Waals surface area contributed by atoms with Crippen molar-refractivity contribution < 1.29 is 36.3 Å². The Balaban J connectivity index is 1.59. The molecule has 192 valence electrons. The SMILES string of the molecule is O=C(Nc1cc(OC2CNC2)cc2c1C(c1cc(F)ccc1Cl)NC2=O)c1cc(F)cc(C(F)(F)F)c1. The second-order valence-electron chi connectivity index (χ2n) is 8.58. The first-order valence-corrected chi connectivity index (χ1v) is 11.4. The van der Waals surface area contributed by atoms with Crippen molar-refractivity contribution in [1.82, 2.24) is 10.6 Å². The summed E-state index contributed by atoms with van der Waals surface area (Å²) in [5.41, 5.74) is -1.41. The van der Waals surface area contributed by atoms with Crippen molar-refractivity contribution in [2.24, 2.45) is 0 Å². The number of carbonyl (C=O) groups is 2. The quantitative estimate of drug-likeness (QED) is 0.397. The van der Waals surface area contributed by atoms with Crippen LogP contribution >= 0.6 is 11.6 Å². The van der Waals surface area contributed by atoms with E-state index in [1.54, 1.807) is 0 Å². The summed E-state index contributed by atoms with van der Waals surface area (Å²) in [6.07, 6.45) is -5.07. The molecule has 2 aliphatic rings. The number of benzene rings is 3. The number of carbonyl (C=O) groups excluding carboxylic acids is 2. The van der Waals surface area contributed by atoms with Crippen LogP contribution < -0.4 is 20.7 Å². The van der Waals surface area contributed by atoms with E-state index in [-0.39, 0.29) is 45.3 Å². The highest BCUT2D eigenvalue weighted by molar-refractivity contribution is 6.31. The summed E-state index contributed by atoms with van der Waals surface area (Å²) in [5, 5.41) is 8.32. The van der Waals surface area contributed by atoms with Gasteiger partial charge in [-0.05, 0) is 42.5 Å². The molecule has 0 radical (unpaired) electrons. The summed E-state index contributed by atoms with van der Waals surface area (Å²) in [7, 11) is 0. The minimum Gasteiger partial charge on any atom is -0.488 e. The van der Waals surface area contributed by atoms with Crippen LogP contribution in [0.1, 0.15) is 43.4 Å². The molecule has 2 aliphatic heterocycles. The Morgan fingerprint density at radius 3 is 2.46 bits per heavy atom. The minimum atomic E-state index is -4.88. The third kappa shape index (κ3) is 4.96. The van der Waals surface area contributed by atoms with Gasteiger partial charge in [0.15, 0.2) is 0 Å². The van der Waals surface area contributed by atoms with Crippen LogP contribution in [0.2, 0.25) is 5.02 Å². The van der Waals surface area contributed by atoms with Crippen molar-refractivity contribution in [3.63, 3.8) is 0 Å². The van der Waals surface area contributed by atoms with Crippen molar-refractivity contribution in [3.05, 3.63) is 93.0 Å². The van der Waals surface area contributed by atoms with E-state index in [1.165, 1.54) is 18.2 Å². The lowest BCUT2D eigenvalue weighted by Crippen LogP contribution is -2.50. The predicted octanol–water partition coefficient (Wildman–Crippen LogP) is 5.07. The fraction of sp³-hybridized carbons (Fsp3) is 0.200. The van der Waals surface area contributed by atoms with Crippen LogP contribution in [-0.4, -0.2) is 31.0 Å². The molecule has 0 aromatic heterocycles. The van der Waals surface area contributed by atoms with E-state index in [9.17, 15) is 31.5 Å². The van der Waals surface area contributed by atoms with Crippen LogP contribution in [0, 0.1) is 11.6 Å². The molecule has 5 rings (SSSR count). The second-order valence-corrected chi connectivity index (χ2v) is 8.99. The number of amides is 2. The summed E-state index contributed by atoms with van der Waals surface area (Å²) >= 11 is 6.26. The maximum absolute atomic E-state index is 14.0. The molecule has 0 spiro atoms. The van der Waals surface area contributed by atoms with Crippen LogP contribution in [0.15, 0.2) is 48.5 Å². The molecule has 12 heteroatoms. The molecule has 6 nitrogen and oxygen atoms in total. The lowest BCUT2D eigenvalue weighted by molar-refractivity contribution is -0.137. The number of nitrogens with one attached hydrogen (secondary N) is 3. The molecule has 0 saturated carbocycles. The van der Waals surface area contributed by atoms with Crippen molar-refractivity contribution in [2.75, 3.05) is 18.4 Å². The van der Waals surface area contributed by atoms with Gasteiger partial charge in [-0.15, -0.1) is 0 Å². The molecular weight excluding hydrogens is 521 g/mol. The molecular formula is C25H17ClF5N3O3. The third-order valence-electron chi connectivity index (χ3n) is 6.01. The number of ether oxygens (including phenoxy) is 1. The summed E-state index contributed by atoms with van der Waals surface area (Å²) in [6, 6.07) is 6.90. The van der Waals surface area contributed by atoms with Crippen LogP contribution in [0.4, 0.5) is 27.6 Å². The Hall–Kier alpha value is -3.70. The van der Waals surface area contributed by atoms with Crippen molar-refractivity contribution >= 4 is 29.1 Å².